The van der Waals surface area contributed by atoms with Crippen molar-refractivity contribution in [2.24, 2.45) is 5.92 Å². The van der Waals surface area contributed by atoms with Gasteiger partial charge in [0.2, 0.25) is 0 Å². The first kappa shape index (κ1) is 19.0. The smallest absolute Gasteiger partial charge is 0.00925 e. The summed E-state index contributed by atoms with van der Waals surface area (Å²) in [7, 11) is 0. The SMILES string of the molecule is CCCCCCCCCCC(NCCC)C(C)CC. The highest BCUT2D eigenvalue weighted by Crippen LogP contribution is 2.16. The van der Waals surface area contributed by atoms with E-state index < -0.39 is 0 Å². The lowest BCUT2D eigenvalue weighted by atomic mass is 9.93. The quantitative estimate of drug-likeness (QED) is 0.385. The second-order valence-electron chi connectivity index (χ2n) is 6.21. The average Bonchev–Trinajstić information content (AvgIpc) is 2.44. The molecule has 0 spiro atoms. The van der Waals surface area contributed by atoms with Crippen molar-refractivity contribution < 1.29 is 0 Å². The Bertz CT molecular complexity index is 167. The summed E-state index contributed by atoms with van der Waals surface area (Å²) in [6.45, 7) is 10.5. The molecule has 1 N–H and O–H groups in total. The summed E-state index contributed by atoms with van der Waals surface area (Å²) in [6, 6.07) is 0.755. The molecule has 0 aromatic heterocycles. The maximum absolute atomic E-state index is 3.74. The van der Waals surface area contributed by atoms with Crippen LogP contribution in [0.15, 0.2) is 0 Å². The van der Waals surface area contributed by atoms with Crippen LogP contribution in [0.4, 0.5) is 0 Å². The third-order valence-electron chi connectivity index (χ3n) is 4.36. The van der Waals surface area contributed by atoms with Gasteiger partial charge in [-0.05, 0) is 25.3 Å². The van der Waals surface area contributed by atoms with Gasteiger partial charge < -0.3 is 5.32 Å². The molecule has 0 radical (unpaired) electrons. The molecule has 0 aliphatic carbocycles. The van der Waals surface area contributed by atoms with Gasteiger partial charge in [0.1, 0.15) is 0 Å². The van der Waals surface area contributed by atoms with E-state index in [1.165, 1.54) is 77.2 Å². The van der Waals surface area contributed by atoms with Crippen LogP contribution in [0.2, 0.25) is 0 Å². The largest absolute Gasteiger partial charge is 0.314 e. The molecule has 0 fully saturated rings. The molecule has 0 heterocycles. The van der Waals surface area contributed by atoms with Crippen LogP contribution in [0.3, 0.4) is 0 Å². The van der Waals surface area contributed by atoms with E-state index in [1.54, 1.807) is 0 Å². The van der Waals surface area contributed by atoms with Crippen molar-refractivity contribution in [1.82, 2.24) is 5.32 Å². The van der Waals surface area contributed by atoms with E-state index in [4.69, 9.17) is 0 Å². The fourth-order valence-corrected chi connectivity index (χ4v) is 2.70. The second-order valence-corrected chi connectivity index (χ2v) is 6.21. The molecular weight excluding hydrogens is 230 g/mol. The monoisotopic (exact) mass is 269 g/mol. The maximum Gasteiger partial charge on any atom is 0.00925 e. The fourth-order valence-electron chi connectivity index (χ4n) is 2.70. The predicted molar refractivity (Wildman–Crippen MR) is 88.8 cm³/mol. The summed E-state index contributed by atoms with van der Waals surface area (Å²) in [5.74, 6) is 0.830. The molecule has 0 aromatic carbocycles. The van der Waals surface area contributed by atoms with Crippen LogP contribution in [-0.4, -0.2) is 12.6 Å². The van der Waals surface area contributed by atoms with Gasteiger partial charge in [-0.1, -0.05) is 85.5 Å². The van der Waals surface area contributed by atoms with E-state index in [9.17, 15) is 0 Å². The van der Waals surface area contributed by atoms with E-state index in [0.717, 1.165) is 12.0 Å². The zero-order valence-electron chi connectivity index (χ0n) is 14.1. The molecule has 0 bridgehead atoms. The second kappa shape index (κ2) is 14.4. The van der Waals surface area contributed by atoms with Crippen LogP contribution >= 0.6 is 0 Å². The Hall–Kier alpha value is -0.0400. The number of unbranched alkanes of at least 4 members (excludes halogenated alkanes) is 7. The molecule has 2 atom stereocenters. The molecule has 1 nitrogen and oxygen atoms in total. The zero-order valence-corrected chi connectivity index (χ0v) is 14.1. The number of hydrogen-bond acceptors (Lipinski definition) is 1. The summed E-state index contributed by atoms with van der Waals surface area (Å²) in [5, 5.41) is 3.74. The maximum atomic E-state index is 3.74. The first-order chi connectivity index (χ1) is 9.26. The van der Waals surface area contributed by atoms with Gasteiger partial charge in [0.15, 0.2) is 0 Å². The Balaban J connectivity index is 3.52. The topological polar surface area (TPSA) is 12.0 Å². The molecule has 1 heteroatoms. The molecule has 0 rings (SSSR count). The number of nitrogens with one attached hydrogen (secondary N) is 1. The molecule has 0 aliphatic heterocycles. The highest BCUT2D eigenvalue weighted by Gasteiger charge is 2.13. The van der Waals surface area contributed by atoms with Gasteiger partial charge in [-0.2, -0.15) is 0 Å². The Kier molecular flexibility index (Phi) is 14.3. The lowest BCUT2D eigenvalue weighted by Gasteiger charge is -2.24. The minimum atomic E-state index is 0.755. The number of hydrogen-bond donors (Lipinski definition) is 1. The van der Waals surface area contributed by atoms with E-state index in [2.05, 4.69) is 33.0 Å². The van der Waals surface area contributed by atoms with E-state index >= 15 is 0 Å². The van der Waals surface area contributed by atoms with Gasteiger partial charge in [0.25, 0.3) is 0 Å². The predicted octanol–water partition coefficient (Wildman–Crippen LogP) is 5.93. The standard InChI is InChI=1S/C18H39N/c1-5-8-9-10-11-12-13-14-15-18(17(4)7-3)19-16-6-2/h17-19H,5-16H2,1-4H3. The molecule has 2 unspecified atom stereocenters. The van der Waals surface area contributed by atoms with Gasteiger partial charge in [-0.3, -0.25) is 0 Å². The van der Waals surface area contributed by atoms with Crippen molar-refractivity contribution in [1.29, 1.82) is 0 Å². The molecule has 0 amide bonds. The van der Waals surface area contributed by atoms with Crippen LogP contribution < -0.4 is 5.32 Å². The Morgan fingerprint density at radius 2 is 1.32 bits per heavy atom. The third kappa shape index (κ3) is 11.5. The van der Waals surface area contributed by atoms with Crippen molar-refractivity contribution in [3.8, 4) is 0 Å². The first-order valence-electron chi connectivity index (χ1n) is 8.99. The Morgan fingerprint density at radius 3 is 1.84 bits per heavy atom. The zero-order chi connectivity index (χ0) is 14.3. The van der Waals surface area contributed by atoms with Crippen molar-refractivity contribution in [3.63, 3.8) is 0 Å². The molecule has 19 heavy (non-hydrogen) atoms. The normalized spacial score (nSPS) is 14.5. The summed E-state index contributed by atoms with van der Waals surface area (Å²) < 4.78 is 0. The Labute approximate surface area is 122 Å². The molecule has 0 aromatic rings. The number of rotatable bonds is 14. The van der Waals surface area contributed by atoms with Crippen molar-refractivity contribution in [2.75, 3.05) is 6.54 Å². The highest BCUT2D eigenvalue weighted by atomic mass is 14.9. The van der Waals surface area contributed by atoms with Crippen molar-refractivity contribution in [2.45, 2.75) is 104 Å². The van der Waals surface area contributed by atoms with Crippen LogP contribution in [0.1, 0.15) is 98.3 Å². The summed E-state index contributed by atoms with van der Waals surface area (Å²) in [6.07, 6.45) is 15.4. The molecule has 116 valence electrons. The minimum Gasteiger partial charge on any atom is -0.314 e. The van der Waals surface area contributed by atoms with E-state index in [-0.39, 0.29) is 0 Å². The molecule has 0 saturated heterocycles. The van der Waals surface area contributed by atoms with Crippen LogP contribution in [0.25, 0.3) is 0 Å². The van der Waals surface area contributed by atoms with Crippen LogP contribution in [0, 0.1) is 5.92 Å². The van der Waals surface area contributed by atoms with Gasteiger partial charge in [0, 0.05) is 6.04 Å². The van der Waals surface area contributed by atoms with Crippen LogP contribution in [-0.2, 0) is 0 Å². The van der Waals surface area contributed by atoms with Gasteiger partial charge in [-0.25, -0.2) is 0 Å². The van der Waals surface area contributed by atoms with Gasteiger partial charge in [0.05, 0.1) is 0 Å². The highest BCUT2D eigenvalue weighted by molar-refractivity contribution is 4.72. The third-order valence-corrected chi connectivity index (χ3v) is 4.36. The lowest BCUT2D eigenvalue weighted by molar-refractivity contribution is 0.337. The average molecular weight is 270 g/mol. The molecule has 0 saturated carbocycles. The summed E-state index contributed by atoms with van der Waals surface area (Å²) >= 11 is 0. The summed E-state index contributed by atoms with van der Waals surface area (Å²) in [4.78, 5) is 0. The van der Waals surface area contributed by atoms with E-state index in [0.29, 0.717) is 0 Å². The van der Waals surface area contributed by atoms with Gasteiger partial charge >= 0.3 is 0 Å². The summed E-state index contributed by atoms with van der Waals surface area (Å²) in [5.41, 5.74) is 0. The Morgan fingerprint density at radius 1 is 0.737 bits per heavy atom. The van der Waals surface area contributed by atoms with Crippen LogP contribution in [0.5, 0.6) is 0 Å². The van der Waals surface area contributed by atoms with Crippen molar-refractivity contribution in [3.05, 3.63) is 0 Å². The van der Waals surface area contributed by atoms with E-state index in [1.807, 2.05) is 0 Å². The molecule has 0 aliphatic rings. The van der Waals surface area contributed by atoms with Gasteiger partial charge in [-0.15, -0.1) is 0 Å². The fraction of sp³-hybridized carbons (Fsp3) is 1.00. The molecular formula is C18H39N. The first-order valence-corrected chi connectivity index (χ1v) is 8.99. The van der Waals surface area contributed by atoms with Crippen molar-refractivity contribution >= 4 is 0 Å². The lowest BCUT2D eigenvalue weighted by Crippen LogP contribution is -2.35. The minimum absolute atomic E-state index is 0.755.